The van der Waals surface area contributed by atoms with E-state index in [0.717, 1.165) is 0 Å². The average Bonchev–Trinajstić information content (AvgIpc) is 1.86. The Morgan fingerprint density at radius 2 is 2.67 bits per heavy atom. The van der Waals surface area contributed by atoms with Gasteiger partial charge in [-0.1, -0.05) is 0 Å². The quantitative estimate of drug-likeness (QED) is 0.496. The van der Waals surface area contributed by atoms with Crippen molar-refractivity contribution in [2.75, 3.05) is 0 Å². The molecule has 32 valence electrons. The van der Waals surface area contributed by atoms with Crippen LogP contribution in [0.15, 0.2) is 12.2 Å². The van der Waals surface area contributed by atoms with E-state index in [2.05, 4.69) is 19.1 Å². The van der Waals surface area contributed by atoms with Gasteiger partial charge in [0.15, 0.2) is 0 Å². The summed E-state index contributed by atoms with van der Waals surface area (Å²) < 4.78 is 3.09. The molecule has 0 N–H and O–H groups in total. The van der Waals surface area contributed by atoms with Gasteiger partial charge in [-0.3, -0.25) is 0 Å². The fourth-order valence-electron chi connectivity index (χ4n) is 0.473. The van der Waals surface area contributed by atoms with E-state index in [-0.39, 0.29) is 21.1 Å². The van der Waals surface area contributed by atoms with Crippen molar-refractivity contribution in [3.05, 3.63) is 12.2 Å². The Kier molecular flexibility index (Phi) is 1.47. The van der Waals surface area contributed by atoms with Gasteiger partial charge in [0.1, 0.15) is 0 Å². The van der Waals surface area contributed by atoms with E-state index in [4.69, 9.17) is 0 Å². The van der Waals surface area contributed by atoms with Crippen LogP contribution in [-0.2, 0) is 0 Å². The van der Waals surface area contributed by atoms with E-state index < -0.39 is 0 Å². The van der Waals surface area contributed by atoms with Gasteiger partial charge >= 0.3 is 48.0 Å². The number of rotatable bonds is 0. The first-order chi connectivity index (χ1) is 2.89. The maximum atomic E-state index is 2.28. The van der Waals surface area contributed by atoms with Crippen LogP contribution in [0, 0.1) is 0 Å². The topological polar surface area (TPSA) is 0 Å². The first kappa shape index (κ1) is 4.58. The van der Waals surface area contributed by atoms with Crippen molar-refractivity contribution in [2.45, 2.75) is 11.3 Å². The standard InChI is InChI=1S/C5H7.Sb/c1-3-5-4-2;/h3,5H,1H2,2H3;. The molecule has 0 saturated carbocycles. The molecule has 0 spiro atoms. The molecule has 0 radical (unpaired) electrons. The molecule has 0 aromatic heterocycles. The van der Waals surface area contributed by atoms with Crippen LogP contribution in [0.2, 0.25) is 4.37 Å². The molecule has 0 aromatic rings. The second kappa shape index (κ2) is 1.93. The third kappa shape index (κ3) is 0.943. The summed E-state index contributed by atoms with van der Waals surface area (Å²) in [4.78, 5) is 0. The first-order valence-electron chi connectivity index (χ1n) is 2.07. The van der Waals surface area contributed by atoms with Gasteiger partial charge < -0.3 is 0 Å². The molecule has 0 amide bonds. The Hall–Kier alpha value is 0.428. The van der Waals surface area contributed by atoms with Crippen LogP contribution in [0.4, 0.5) is 0 Å². The Bertz CT molecular complexity index is 97.8. The van der Waals surface area contributed by atoms with Gasteiger partial charge in [-0.05, 0) is 0 Å². The zero-order valence-corrected chi connectivity index (χ0v) is 6.36. The van der Waals surface area contributed by atoms with Gasteiger partial charge in [-0.2, -0.15) is 0 Å². The molecule has 1 heteroatoms. The molecule has 6 heavy (non-hydrogen) atoms. The van der Waals surface area contributed by atoms with Gasteiger partial charge in [-0.25, -0.2) is 0 Å². The zero-order chi connectivity index (χ0) is 4.41. The fraction of sp³-hybridized carbons (Fsp3) is 0.400. The Balaban J connectivity index is 2.68. The summed E-state index contributed by atoms with van der Waals surface area (Å²) in [6.07, 6.45) is 4.55. The van der Waals surface area contributed by atoms with Crippen molar-refractivity contribution in [1.29, 1.82) is 0 Å². The molecule has 0 unspecified atom stereocenters. The Labute approximate surface area is 48.3 Å². The minimum absolute atomic E-state index is 0.192. The second-order valence-corrected chi connectivity index (χ2v) is 5.34. The summed E-state index contributed by atoms with van der Waals surface area (Å²) in [6.45, 7) is 2.24. The van der Waals surface area contributed by atoms with Crippen molar-refractivity contribution in [3.8, 4) is 0 Å². The van der Waals surface area contributed by atoms with Gasteiger partial charge in [-0.15, -0.1) is 0 Å². The van der Waals surface area contributed by atoms with Crippen LogP contribution in [0.3, 0.4) is 0 Å². The number of hydrogen-bond acceptors (Lipinski definition) is 0. The summed E-state index contributed by atoms with van der Waals surface area (Å²) in [6, 6.07) is 0. The molecule has 0 saturated heterocycles. The predicted octanol–water partition coefficient (Wildman–Crippen LogP) is 0.871. The van der Waals surface area contributed by atoms with E-state index in [1.54, 1.807) is 3.45 Å². The van der Waals surface area contributed by atoms with Crippen LogP contribution < -0.4 is 0 Å². The molecular formula is C5H7Sb. The zero-order valence-electron chi connectivity index (χ0n) is 3.81. The van der Waals surface area contributed by atoms with Crippen LogP contribution >= 0.6 is 0 Å². The van der Waals surface area contributed by atoms with E-state index in [0.29, 0.717) is 0 Å². The van der Waals surface area contributed by atoms with Crippen molar-refractivity contribution in [2.24, 2.45) is 0 Å². The second-order valence-electron chi connectivity index (χ2n) is 1.38. The van der Waals surface area contributed by atoms with E-state index >= 15 is 0 Å². The molecule has 0 aromatic carbocycles. The first-order valence-corrected chi connectivity index (χ1v) is 5.15. The van der Waals surface area contributed by atoms with E-state index in [9.17, 15) is 0 Å². The van der Waals surface area contributed by atoms with Gasteiger partial charge in [0, 0.05) is 0 Å². The van der Waals surface area contributed by atoms with Gasteiger partial charge in [0.05, 0.1) is 0 Å². The van der Waals surface area contributed by atoms with Crippen molar-refractivity contribution in [1.82, 2.24) is 0 Å². The molecule has 1 aliphatic heterocycles. The normalized spacial score (nSPS) is 18.5. The predicted molar refractivity (Wildman–Crippen MR) is 30.4 cm³/mol. The summed E-state index contributed by atoms with van der Waals surface area (Å²) in [5.41, 5.74) is 0. The number of hydrogen-bond donors (Lipinski definition) is 0. The van der Waals surface area contributed by atoms with Crippen LogP contribution in [0.5, 0.6) is 0 Å². The Morgan fingerprint density at radius 1 is 1.83 bits per heavy atom. The molecular weight excluding hydrogens is 182 g/mol. The summed E-state index contributed by atoms with van der Waals surface area (Å²) in [5.74, 6) is 0. The van der Waals surface area contributed by atoms with Crippen LogP contribution in [0.25, 0.3) is 0 Å². The minimum atomic E-state index is 0.192. The van der Waals surface area contributed by atoms with E-state index in [1.807, 2.05) is 0 Å². The third-order valence-corrected chi connectivity index (χ3v) is 3.78. The number of allylic oxidation sites excluding steroid dienone is 2. The van der Waals surface area contributed by atoms with E-state index in [1.165, 1.54) is 4.37 Å². The average molecular weight is 189 g/mol. The fourth-order valence-corrected chi connectivity index (χ4v) is 2.50. The third-order valence-electron chi connectivity index (χ3n) is 0.805. The van der Waals surface area contributed by atoms with Crippen molar-refractivity contribution >= 4 is 24.6 Å². The molecule has 1 rings (SSSR count). The molecule has 0 fully saturated rings. The Morgan fingerprint density at radius 3 is 2.83 bits per heavy atom. The molecule has 1 heterocycles. The molecule has 0 aliphatic carbocycles. The SMILES string of the molecule is C[C]1=[Sb][CH2]C=C1. The van der Waals surface area contributed by atoms with Crippen LogP contribution in [0.1, 0.15) is 6.92 Å². The van der Waals surface area contributed by atoms with Crippen LogP contribution in [-0.4, -0.2) is 24.6 Å². The molecule has 0 atom stereocenters. The maximum absolute atomic E-state index is 2.28. The summed E-state index contributed by atoms with van der Waals surface area (Å²) in [5, 5.41) is 0. The summed E-state index contributed by atoms with van der Waals surface area (Å²) >= 11 is 0.192. The van der Waals surface area contributed by atoms with Crippen molar-refractivity contribution < 1.29 is 0 Å². The van der Waals surface area contributed by atoms with Gasteiger partial charge in [0.2, 0.25) is 0 Å². The summed E-state index contributed by atoms with van der Waals surface area (Å²) in [7, 11) is 0. The van der Waals surface area contributed by atoms with Crippen molar-refractivity contribution in [3.63, 3.8) is 0 Å². The molecule has 0 nitrogen and oxygen atoms in total. The molecule has 1 aliphatic rings. The van der Waals surface area contributed by atoms with Gasteiger partial charge in [0.25, 0.3) is 0 Å². The molecule has 0 bridgehead atoms. The monoisotopic (exact) mass is 188 g/mol.